The first-order chi connectivity index (χ1) is 28.1. The number of aliphatic hydroxyl groups is 6. The largest absolute Gasteiger partial charge is 0.507 e. The molecule has 3 aromatic rings. The van der Waals surface area contributed by atoms with Crippen LogP contribution in [0, 0.1) is 20.8 Å². The number of carbonyl (C=O) groups excluding carboxylic acids is 3. The summed E-state index contributed by atoms with van der Waals surface area (Å²) < 4.78 is 0. The number of amides is 3. The number of aryl methyl sites for hydroxylation is 3. The molecular weight excluding hydrogens is 780 g/mol. The first kappa shape index (κ1) is 47.8. The summed E-state index contributed by atoms with van der Waals surface area (Å²) in [5, 5.41) is 96.6. The van der Waals surface area contributed by atoms with Gasteiger partial charge in [-0.2, -0.15) is 0 Å². The number of primary amides is 3. The predicted octanol–water partition coefficient (Wildman–Crippen LogP) is -1.29. The number of phenolic OH excluding ortho intramolecular Hbond substituents is 3. The zero-order chi connectivity index (χ0) is 44.7. The van der Waals surface area contributed by atoms with E-state index in [1.807, 2.05) is 0 Å². The van der Waals surface area contributed by atoms with Crippen molar-refractivity contribution < 1.29 is 60.3 Å². The topological polar surface area (TPSA) is 321 Å². The second-order valence-electron chi connectivity index (χ2n) is 16.0. The van der Waals surface area contributed by atoms with Crippen molar-refractivity contribution in [3.05, 3.63) is 86.5 Å². The first-order valence-electron chi connectivity index (χ1n) is 19.7. The lowest BCUT2D eigenvalue weighted by Crippen LogP contribution is -2.44. The molecule has 3 aromatic carbocycles. The van der Waals surface area contributed by atoms with Gasteiger partial charge in [0.25, 0.3) is 17.7 Å². The maximum Gasteiger partial charge on any atom is 0.256 e. The van der Waals surface area contributed by atoms with Gasteiger partial charge in [-0.1, -0.05) is 34.9 Å². The van der Waals surface area contributed by atoms with Crippen LogP contribution in [-0.2, 0) is 50.8 Å². The van der Waals surface area contributed by atoms with Crippen LogP contribution in [0.15, 0.2) is 36.4 Å². The van der Waals surface area contributed by atoms with Gasteiger partial charge in [-0.25, -0.2) is 0 Å². The van der Waals surface area contributed by atoms with E-state index in [1.165, 1.54) is 18.2 Å². The summed E-state index contributed by atoms with van der Waals surface area (Å²) >= 11 is 0. The zero-order valence-corrected chi connectivity index (χ0v) is 34.4. The lowest BCUT2D eigenvalue weighted by molar-refractivity contribution is -0.142. The Morgan fingerprint density at radius 1 is 0.483 bits per heavy atom. The number of phenols is 3. The number of benzene rings is 3. The van der Waals surface area contributed by atoms with Crippen LogP contribution in [0.5, 0.6) is 17.2 Å². The third-order valence-corrected chi connectivity index (χ3v) is 11.3. The summed E-state index contributed by atoms with van der Waals surface area (Å²) in [7, 11) is 0. The van der Waals surface area contributed by atoms with Gasteiger partial charge in [0.15, 0.2) is 16.8 Å². The Labute approximate surface area is 348 Å². The van der Waals surface area contributed by atoms with Crippen molar-refractivity contribution in [2.45, 2.75) is 76.5 Å². The molecule has 0 bridgehead atoms. The Morgan fingerprint density at radius 3 is 0.883 bits per heavy atom. The highest BCUT2D eigenvalue weighted by Crippen LogP contribution is 2.37. The molecule has 0 saturated carbocycles. The Bertz CT molecular complexity index is 1810. The van der Waals surface area contributed by atoms with E-state index in [1.54, 1.807) is 39.0 Å². The molecule has 0 radical (unpaired) electrons. The highest BCUT2D eigenvalue weighted by molar-refractivity contribution is 5.87. The van der Waals surface area contributed by atoms with Crippen molar-refractivity contribution in [2.24, 2.45) is 17.2 Å². The normalized spacial score (nSPS) is 18.4. The maximum absolute atomic E-state index is 12.2. The molecule has 1 heterocycles. The molecule has 60 heavy (non-hydrogen) atoms. The molecular formula is C42H60N6O12. The molecule has 1 aliphatic rings. The van der Waals surface area contributed by atoms with Gasteiger partial charge in [0.1, 0.15) is 17.2 Å². The van der Waals surface area contributed by atoms with Crippen molar-refractivity contribution in [3.63, 3.8) is 0 Å². The highest BCUT2D eigenvalue weighted by atomic mass is 16.4. The third kappa shape index (κ3) is 10.3. The van der Waals surface area contributed by atoms with Gasteiger partial charge >= 0.3 is 0 Å². The molecule has 4 rings (SSSR count). The minimum Gasteiger partial charge on any atom is -0.507 e. The van der Waals surface area contributed by atoms with Crippen LogP contribution in [0.2, 0.25) is 0 Å². The smallest absolute Gasteiger partial charge is 0.256 e. The van der Waals surface area contributed by atoms with Gasteiger partial charge in [0, 0.05) is 53.0 Å². The lowest BCUT2D eigenvalue weighted by atomic mass is 9.89. The molecule has 3 atom stereocenters. The molecule has 18 nitrogen and oxygen atoms in total. The van der Waals surface area contributed by atoms with Crippen LogP contribution in [0.25, 0.3) is 0 Å². The van der Waals surface area contributed by atoms with E-state index in [2.05, 4.69) is 14.7 Å². The van der Waals surface area contributed by atoms with Crippen LogP contribution < -0.4 is 17.2 Å². The summed E-state index contributed by atoms with van der Waals surface area (Å²) in [5.41, 5.74) is 11.0. The van der Waals surface area contributed by atoms with Crippen molar-refractivity contribution in [2.75, 3.05) is 59.1 Å². The van der Waals surface area contributed by atoms with Crippen LogP contribution in [0.3, 0.4) is 0 Å². The second-order valence-corrected chi connectivity index (χ2v) is 16.0. The Morgan fingerprint density at radius 2 is 0.700 bits per heavy atom. The van der Waals surface area contributed by atoms with Gasteiger partial charge in [-0.3, -0.25) is 29.1 Å². The van der Waals surface area contributed by atoms with Crippen molar-refractivity contribution in [1.29, 1.82) is 0 Å². The molecule has 0 aliphatic carbocycles. The van der Waals surface area contributed by atoms with E-state index in [4.69, 9.17) is 17.2 Å². The van der Waals surface area contributed by atoms with E-state index >= 15 is 0 Å². The molecule has 3 amide bonds. The molecule has 1 aliphatic heterocycles. The number of carbonyl (C=O) groups is 3. The fraction of sp³-hybridized carbons (Fsp3) is 0.500. The fourth-order valence-electron chi connectivity index (χ4n) is 7.84. The SMILES string of the molecule is Cc1cc(CN2CCCN(Cc3cc(C)cc(C(O)(CO)C(N)=O)c3O)CCCN(Cc3cc(C)cc(C(O)(CO)C(N)=O)c3O)CCC2)c(O)c(C(O)(CO)C(N)=O)c1. The van der Waals surface area contributed by atoms with Gasteiger partial charge in [-0.05, 0) is 97.5 Å². The van der Waals surface area contributed by atoms with Gasteiger partial charge in [0.05, 0.1) is 19.8 Å². The van der Waals surface area contributed by atoms with Crippen LogP contribution in [-0.4, -0.2) is 137 Å². The summed E-state index contributed by atoms with van der Waals surface area (Å²) in [4.78, 5) is 42.9. The first-order valence-corrected chi connectivity index (χ1v) is 19.7. The maximum atomic E-state index is 12.2. The van der Waals surface area contributed by atoms with Crippen molar-refractivity contribution >= 4 is 17.7 Å². The molecule has 3 unspecified atom stereocenters. The molecule has 0 spiro atoms. The van der Waals surface area contributed by atoms with Crippen LogP contribution >= 0.6 is 0 Å². The number of nitrogens with zero attached hydrogens (tertiary/aromatic N) is 3. The van der Waals surface area contributed by atoms with Gasteiger partial charge in [-0.15, -0.1) is 0 Å². The highest BCUT2D eigenvalue weighted by Gasteiger charge is 2.41. The number of hydrogen-bond acceptors (Lipinski definition) is 15. The molecule has 15 N–H and O–H groups in total. The molecule has 1 saturated heterocycles. The van der Waals surface area contributed by atoms with Crippen LogP contribution in [0.1, 0.15) is 69.3 Å². The number of nitrogens with two attached hydrogens (primary N) is 3. The molecule has 0 aromatic heterocycles. The van der Waals surface area contributed by atoms with Gasteiger partial charge in [0.2, 0.25) is 0 Å². The quantitative estimate of drug-likeness (QED) is 0.0848. The van der Waals surface area contributed by atoms with Crippen LogP contribution in [0.4, 0.5) is 0 Å². The predicted molar refractivity (Wildman–Crippen MR) is 219 cm³/mol. The van der Waals surface area contributed by atoms with Crippen molar-refractivity contribution in [1.82, 2.24) is 14.7 Å². The van der Waals surface area contributed by atoms with E-state index in [0.29, 0.717) is 91.9 Å². The summed E-state index contributed by atoms with van der Waals surface area (Å²) in [6.45, 7) is 5.46. The Hall–Kier alpha value is -4.89. The minimum absolute atomic E-state index is 0.171. The number of aliphatic hydroxyl groups excluding tert-OH is 3. The van der Waals surface area contributed by atoms with Crippen molar-refractivity contribution in [3.8, 4) is 17.2 Å². The third-order valence-electron chi connectivity index (χ3n) is 11.3. The monoisotopic (exact) mass is 840 g/mol. The minimum atomic E-state index is -2.52. The second kappa shape index (κ2) is 19.7. The van der Waals surface area contributed by atoms with E-state index in [0.717, 1.165) is 0 Å². The number of aromatic hydroxyl groups is 3. The zero-order valence-electron chi connectivity index (χ0n) is 34.4. The average Bonchev–Trinajstić information content (AvgIpc) is 3.19. The average molecular weight is 841 g/mol. The number of hydrogen-bond donors (Lipinski definition) is 12. The number of rotatable bonds is 15. The Balaban J connectivity index is 1.72. The molecule has 330 valence electrons. The van der Waals surface area contributed by atoms with E-state index in [9.17, 15) is 60.3 Å². The summed E-state index contributed by atoms with van der Waals surface area (Å²) in [6.07, 6.45) is 1.79. The molecule has 18 heteroatoms. The Kier molecular flexibility index (Phi) is 15.7. The summed E-state index contributed by atoms with van der Waals surface area (Å²) in [6, 6.07) is 9.30. The van der Waals surface area contributed by atoms with E-state index in [-0.39, 0.29) is 53.6 Å². The fourth-order valence-corrected chi connectivity index (χ4v) is 7.84. The van der Waals surface area contributed by atoms with Gasteiger partial charge < -0.3 is 63.2 Å². The van der Waals surface area contributed by atoms with E-state index < -0.39 is 54.3 Å². The standard InChI is InChI=1S/C42H60N6O12/c1-25-13-28(34(52)31(16-25)40(58,22-49)37(43)55)19-46-7-4-9-47(20-29-14-26(2)17-32(35(29)53)41(59,23-50)38(44)56)11-6-12-48(10-5-8-46)21-30-15-27(3)18-33(36(30)54)42(60,24-51)39(45)57/h13-18,49-54,58-60H,4-12,19-24H2,1-3H3,(H2,43,55)(H2,44,56)(H2,45,57). The lowest BCUT2D eigenvalue weighted by Gasteiger charge is -2.32. The summed E-state index contributed by atoms with van der Waals surface area (Å²) in [5.74, 6) is -4.85. The molecule has 1 fully saturated rings.